The number of hydrogen-bond acceptors (Lipinski definition) is 2. The molecule has 0 rings (SSSR count). The van der Waals surface area contributed by atoms with Crippen LogP contribution in [-0.2, 0) is 4.79 Å². The van der Waals surface area contributed by atoms with Crippen LogP contribution < -0.4 is 0 Å². The quantitative estimate of drug-likeness (QED) is 0.648. The van der Waals surface area contributed by atoms with Gasteiger partial charge in [-0.05, 0) is 6.92 Å². The highest BCUT2D eigenvalue weighted by Crippen LogP contribution is 2.01. The Morgan fingerprint density at radius 3 is 2.36 bits per heavy atom. The summed E-state index contributed by atoms with van der Waals surface area (Å²) < 4.78 is 23.4. The fraction of sp³-hybridized carbons (Fsp3) is 0.833. The van der Waals surface area contributed by atoms with Crippen LogP contribution in [0.5, 0.6) is 0 Å². The molecule has 0 heterocycles. The monoisotopic (exact) mass is 183 g/mol. The molecule has 0 N–H and O–H groups in total. The second-order valence-corrected chi connectivity index (χ2v) is 3.06. The van der Waals surface area contributed by atoms with E-state index in [2.05, 4.69) is 12.6 Å². The fourth-order valence-corrected chi connectivity index (χ4v) is 0.813. The first-order chi connectivity index (χ1) is 4.95. The summed E-state index contributed by atoms with van der Waals surface area (Å²) in [5.41, 5.74) is 0. The molecule has 66 valence electrons. The molecule has 1 amide bonds. The van der Waals surface area contributed by atoms with Gasteiger partial charge in [0.1, 0.15) is 0 Å². The van der Waals surface area contributed by atoms with E-state index in [0.29, 0.717) is 0 Å². The van der Waals surface area contributed by atoms with Gasteiger partial charge in [-0.1, -0.05) is 0 Å². The van der Waals surface area contributed by atoms with E-state index in [0.717, 1.165) is 4.90 Å². The summed E-state index contributed by atoms with van der Waals surface area (Å²) in [6.07, 6.45) is -2.48. The first kappa shape index (κ1) is 10.7. The molecule has 0 fully saturated rings. The number of halogens is 2. The van der Waals surface area contributed by atoms with Crippen molar-refractivity contribution in [2.45, 2.75) is 18.6 Å². The van der Waals surface area contributed by atoms with Gasteiger partial charge in [0.2, 0.25) is 5.91 Å². The lowest BCUT2D eigenvalue weighted by atomic mass is 10.4. The second kappa shape index (κ2) is 4.54. The van der Waals surface area contributed by atoms with Crippen LogP contribution in [0, 0.1) is 0 Å². The van der Waals surface area contributed by atoms with Crippen molar-refractivity contribution in [3.8, 4) is 0 Å². The molecule has 2 nitrogen and oxygen atoms in total. The molecule has 0 aliphatic rings. The zero-order valence-corrected chi connectivity index (χ0v) is 7.31. The maximum absolute atomic E-state index is 11.7. The molecule has 0 saturated heterocycles. The van der Waals surface area contributed by atoms with E-state index in [1.807, 2.05) is 0 Å². The third-order valence-corrected chi connectivity index (χ3v) is 1.37. The summed E-state index contributed by atoms with van der Waals surface area (Å²) in [4.78, 5) is 11.9. The molecule has 1 atom stereocenters. The summed E-state index contributed by atoms with van der Waals surface area (Å²) in [6, 6.07) is 0. The average Bonchev–Trinajstić information content (AvgIpc) is 1.84. The summed E-state index contributed by atoms with van der Waals surface area (Å²) in [5.74, 6) is -0.381. The molecule has 0 bridgehead atoms. The number of nitrogens with zero attached hydrogens (tertiary/aromatic N) is 1. The molecular weight excluding hydrogens is 172 g/mol. The first-order valence-electron chi connectivity index (χ1n) is 3.16. The zero-order chi connectivity index (χ0) is 9.02. The van der Waals surface area contributed by atoms with Gasteiger partial charge in [0.15, 0.2) is 0 Å². The molecule has 0 aliphatic heterocycles. The number of carbonyl (C=O) groups is 1. The Morgan fingerprint density at radius 1 is 1.64 bits per heavy atom. The molecule has 0 radical (unpaired) electrons. The molecule has 1 unspecified atom stereocenters. The molecule has 5 heteroatoms. The summed E-state index contributed by atoms with van der Waals surface area (Å²) in [5, 5.41) is -0.515. The normalized spacial score (nSPS) is 13.3. The molecule has 0 aromatic carbocycles. The van der Waals surface area contributed by atoms with Crippen LogP contribution in [0.1, 0.15) is 6.92 Å². The minimum Gasteiger partial charge on any atom is -0.339 e. The third kappa shape index (κ3) is 4.19. The highest BCUT2D eigenvalue weighted by molar-refractivity contribution is 7.81. The molecule has 0 spiro atoms. The summed E-state index contributed by atoms with van der Waals surface area (Å²) in [6.45, 7) is 1.02. The average molecular weight is 183 g/mol. The van der Waals surface area contributed by atoms with Gasteiger partial charge in [0.05, 0.1) is 11.8 Å². The lowest BCUT2D eigenvalue weighted by Crippen LogP contribution is -2.35. The standard InChI is InChI=1S/C6H11F2NOS/c1-4(11)6(10)9(2)3-5(7)8/h4-5,11H,3H2,1-2H3. The van der Waals surface area contributed by atoms with E-state index in [1.165, 1.54) is 7.05 Å². The smallest absolute Gasteiger partial charge is 0.255 e. The van der Waals surface area contributed by atoms with Gasteiger partial charge in [-0.15, -0.1) is 0 Å². The predicted molar refractivity (Wildman–Crippen MR) is 42.1 cm³/mol. The number of alkyl halides is 2. The van der Waals surface area contributed by atoms with Gasteiger partial charge in [0, 0.05) is 7.05 Å². The van der Waals surface area contributed by atoms with E-state index in [-0.39, 0.29) is 5.91 Å². The molecule has 0 aromatic rings. The Bertz CT molecular complexity index is 141. The number of carbonyl (C=O) groups excluding carboxylic acids is 1. The van der Waals surface area contributed by atoms with Crippen LogP contribution in [0.3, 0.4) is 0 Å². The minimum absolute atomic E-state index is 0.381. The third-order valence-electron chi connectivity index (χ3n) is 1.15. The Balaban J connectivity index is 3.83. The van der Waals surface area contributed by atoms with E-state index in [9.17, 15) is 13.6 Å². The number of hydrogen-bond donors (Lipinski definition) is 1. The van der Waals surface area contributed by atoms with Crippen molar-refractivity contribution in [2.75, 3.05) is 13.6 Å². The largest absolute Gasteiger partial charge is 0.339 e. The van der Waals surface area contributed by atoms with Crippen molar-refractivity contribution in [3.05, 3.63) is 0 Å². The number of thiol groups is 1. The maximum Gasteiger partial charge on any atom is 0.255 e. The number of rotatable bonds is 3. The topological polar surface area (TPSA) is 20.3 Å². The summed E-state index contributed by atoms with van der Waals surface area (Å²) in [7, 11) is 1.33. The van der Waals surface area contributed by atoms with Gasteiger partial charge in [-0.3, -0.25) is 4.79 Å². The predicted octanol–water partition coefficient (Wildman–Crippen LogP) is 1.03. The Hall–Kier alpha value is -0.320. The van der Waals surface area contributed by atoms with Crippen molar-refractivity contribution >= 4 is 18.5 Å². The van der Waals surface area contributed by atoms with Crippen LogP contribution in [0.4, 0.5) is 8.78 Å². The van der Waals surface area contributed by atoms with Crippen LogP contribution >= 0.6 is 12.6 Å². The van der Waals surface area contributed by atoms with Gasteiger partial charge < -0.3 is 4.90 Å². The van der Waals surface area contributed by atoms with Gasteiger partial charge in [-0.25, -0.2) is 8.78 Å². The zero-order valence-electron chi connectivity index (χ0n) is 6.42. The lowest BCUT2D eigenvalue weighted by molar-refractivity contribution is -0.130. The summed E-state index contributed by atoms with van der Waals surface area (Å²) >= 11 is 3.82. The highest BCUT2D eigenvalue weighted by atomic mass is 32.1. The van der Waals surface area contributed by atoms with Crippen LogP contribution in [-0.4, -0.2) is 36.1 Å². The molecule has 0 aliphatic carbocycles. The van der Waals surface area contributed by atoms with E-state index in [1.54, 1.807) is 6.92 Å². The minimum atomic E-state index is -2.48. The van der Waals surface area contributed by atoms with E-state index < -0.39 is 18.2 Å². The molecular formula is C6H11F2NOS. The van der Waals surface area contributed by atoms with Crippen LogP contribution in [0.15, 0.2) is 0 Å². The van der Waals surface area contributed by atoms with Crippen LogP contribution in [0.2, 0.25) is 0 Å². The first-order valence-corrected chi connectivity index (χ1v) is 3.68. The van der Waals surface area contributed by atoms with E-state index >= 15 is 0 Å². The Labute approximate surface area is 70.0 Å². The van der Waals surface area contributed by atoms with Crippen molar-refractivity contribution in [2.24, 2.45) is 0 Å². The lowest BCUT2D eigenvalue weighted by Gasteiger charge is -2.17. The van der Waals surface area contributed by atoms with Gasteiger partial charge in [0.25, 0.3) is 6.43 Å². The van der Waals surface area contributed by atoms with Crippen molar-refractivity contribution < 1.29 is 13.6 Å². The molecule has 0 aromatic heterocycles. The van der Waals surface area contributed by atoms with Crippen molar-refractivity contribution in [1.82, 2.24) is 4.90 Å². The second-order valence-electron chi connectivity index (χ2n) is 2.29. The Kier molecular flexibility index (Phi) is 4.40. The van der Waals surface area contributed by atoms with Crippen molar-refractivity contribution in [1.29, 1.82) is 0 Å². The SMILES string of the molecule is CC(S)C(=O)N(C)CC(F)F. The molecule has 0 saturated carbocycles. The van der Waals surface area contributed by atoms with Crippen LogP contribution in [0.25, 0.3) is 0 Å². The number of amides is 1. The fourth-order valence-electron chi connectivity index (χ4n) is 0.616. The van der Waals surface area contributed by atoms with E-state index in [4.69, 9.17) is 0 Å². The maximum atomic E-state index is 11.7. The highest BCUT2D eigenvalue weighted by Gasteiger charge is 2.16. The van der Waals surface area contributed by atoms with Crippen molar-refractivity contribution in [3.63, 3.8) is 0 Å². The van der Waals surface area contributed by atoms with Gasteiger partial charge in [-0.2, -0.15) is 12.6 Å². The van der Waals surface area contributed by atoms with Gasteiger partial charge >= 0.3 is 0 Å². The Morgan fingerprint density at radius 2 is 2.09 bits per heavy atom. The molecule has 11 heavy (non-hydrogen) atoms.